The van der Waals surface area contributed by atoms with Crippen LogP contribution in [0.4, 0.5) is 0 Å². The molecule has 0 bridgehead atoms. The first-order valence-electron chi connectivity index (χ1n) is 9.32. The van der Waals surface area contributed by atoms with Crippen molar-refractivity contribution in [2.75, 3.05) is 20.6 Å². The van der Waals surface area contributed by atoms with Gasteiger partial charge in [-0.05, 0) is 61.7 Å². The second-order valence-electron chi connectivity index (χ2n) is 8.17. The summed E-state index contributed by atoms with van der Waals surface area (Å²) >= 11 is 0. The van der Waals surface area contributed by atoms with Crippen LogP contribution < -0.4 is 0 Å². The molecule has 0 amide bonds. The monoisotopic (exact) mass is 349 g/mol. The Bertz CT molecular complexity index is 731. The lowest BCUT2D eigenvalue weighted by atomic mass is 9.87. The standard InChI is InChI=1S/C24H31NO/c1-24(2,3)22-15-10-20(11-16-22)12-17-23(26)21-13-8-19(9-14-21)7-6-18-25(4)5/h8-17H,6-7,18H2,1-5H3/b17-12+. The molecule has 0 saturated heterocycles. The van der Waals surface area contributed by atoms with Crippen LogP contribution in [-0.4, -0.2) is 31.3 Å². The Kier molecular flexibility index (Phi) is 6.93. The van der Waals surface area contributed by atoms with Gasteiger partial charge in [-0.25, -0.2) is 0 Å². The first-order chi connectivity index (χ1) is 12.3. The number of allylic oxidation sites excluding steroid dienone is 1. The number of aryl methyl sites for hydroxylation is 1. The maximum Gasteiger partial charge on any atom is 0.185 e. The van der Waals surface area contributed by atoms with Gasteiger partial charge in [0.25, 0.3) is 0 Å². The molecule has 0 spiro atoms. The zero-order valence-corrected chi connectivity index (χ0v) is 16.8. The molecule has 2 aromatic rings. The van der Waals surface area contributed by atoms with Gasteiger partial charge >= 0.3 is 0 Å². The molecule has 2 nitrogen and oxygen atoms in total. The summed E-state index contributed by atoms with van der Waals surface area (Å²) in [6, 6.07) is 16.4. The SMILES string of the molecule is CN(C)CCCc1ccc(C(=O)/C=C/c2ccc(C(C)(C)C)cc2)cc1. The van der Waals surface area contributed by atoms with E-state index in [1.54, 1.807) is 6.08 Å². The van der Waals surface area contributed by atoms with Crippen molar-refractivity contribution in [1.82, 2.24) is 4.90 Å². The number of ketones is 1. The van der Waals surface area contributed by atoms with Crippen molar-refractivity contribution in [3.8, 4) is 0 Å². The third-order valence-electron chi connectivity index (χ3n) is 4.51. The van der Waals surface area contributed by atoms with Crippen molar-refractivity contribution < 1.29 is 4.79 Å². The normalized spacial score (nSPS) is 12.1. The largest absolute Gasteiger partial charge is 0.309 e. The molecular weight excluding hydrogens is 318 g/mol. The summed E-state index contributed by atoms with van der Waals surface area (Å²) in [5.41, 5.74) is 4.51. The minimum Gasteiger partial charge on any atom is -0.309 e. The lowest BCUT2D eigenvalue weighted by molar-refractivity contribution is 0.104. The highest BCUT2D eigenvalue weighted by molar-refractivity contribution is 6.06. The molecule has 2 aromatic carbocycles. The number of hydrogen-bond acceptors (Lipinski definition) is 2. The van der Waals surface area contributed by atoms with Gasteiger partial charge in [-0.2, -0.15) is 0 Å². The van der Waals surface area contributed by atoms with Gasteiger partial charge in [0.15, 0.2) is 5.78 Å². The number of benzene rings is 2. The maximum atomic E-state index is 12.4. The minimum absolute atomic E-state index is 0.0461. The molecule has 2 rings (SSSR count). The molecule has 0 saturated carbocycles. The van der Waals surface area contributed by atoms with Crippen molar-refractivity contribution in [2.24, 2.45) is 0 Å². The van der Waals surface area contributed by atoms with E-state index in [0.717, 1.165) is 30.5 Å². The average molecular weight is 350 g/mol. The van der Waals surface area contributed by atoms with Crippen molar-refractivity contribution >= 4 is 11.9 Å². The fourth-order valence-corrected chi connectivity index (χ4v) is 2.80. The maximum absolute atomic E-state index is 12.4. The smallest absolute Gasteiger partial charge is 0.185 e. The van der Waals surface area contributed by atoms with Crippen molar-refractivity contribution in [1.29, 1.82) is 0 Å². The van der Waals surface area contributed by atoms with E-state index in [1.165, 1.54) is 11.1 Å². The summed E-state index contributed by atoms with van der Waals surface area (Å²) < 4.78 is 0. The Balaban J connectivity index is 1.95. The van der Waals surface area contributed by atoms with Crippen molar-refractivity contribution in [3.63, 3.8) is 0 Å². The predicted octanol–water partition coefficient (Wildman–Crippen LogP) is 5.37. The van der Waals surface area contributed by atoms with Gasteiger partial charge in [-0.3, -0.25) is 4.79 Å². The van der Waals surface area contributed by atoms with E-state index < -0.39 is 0 Å². The van der Waals surface area contributed by atoms with Crippen LogP contribution in [0.2, 0.25) is 0 Å². The van der Waals surface area contributed by atoms with Gasteiger partial charge in [-0.15, -0.1) is 0 Å². The van der Waals surface area contributed by atoms with E-state index in [4.69, 9.17) is 0 Å². The number of carbonyl (C=O) groups is 1. The summed E-state index contributed by atoms with van der Waals surface area (Å²) in [6.45, 7) is 7.68. The molecule has 138 valence electrons. The van der Waals surface area contributed by atoms with Gasteiger partial charge in [0.05, 0.1) is 0 Å². The Morgan fingerprint density at radius 3 is 2.12 bits per heavy atom. The van der Waals surface area contributed by atoms with E-state index in [9.17, 15) is 4.79 Å². The Morgan fingerprint density at radius 2 is 1.58 bits per heavy atom. The third-order valence-corrected chi connectivity index (χ3v) is 4.51. The fourth-order valence-electron chi connectivity index (χ4n) is 2.80. The number of hydrogen-bond donors (Lipinski definition) is 0. The molecule has 0 unspecified atom stereocenters. The second-order valence-corrected chi connectivity index (χ2v) is 8.17. The lowest BCUT2D eigenvalue weighted by Gasteiger charge is -2.18. The highest BCUT2D eigenvalue weighted by Crippen LogP contribution is 2.22. The van der Waals surface area contributed by atoms with Crippen LogP contribution in [0.5, 0.6) is 0 Å². The molecule has 0 radical (unpaired) electrons. The van der Waals surface area contributed by atoms with E-state index >= 15 is 0 Å². The summed E-state index contributed by atoms with van der Waals surface area (Å²) in [6.07, 6.45) is 5.72. The second kappa shape index (κ2) is 8.95. The predicted molar refractivity (Wildman–Crippen MR) is 112 cm³/mol. The number of carbonyl (C=O) groups excluding carboxylic acids is 1. The zero-order chi connectivity index (χ0) is 19.2. The molecule has 0 aliphatic heterocycles. The molecular formula is C24H31NO. The van der Waals surface area contributed by atoms with Crippen LogP contribution in [-0.2, 0) is 11.8 Å². The number of rotatable bonds is 7. The van der Waals surface area contributed by atoms with Crippen LogP contribution in [0, 0.1) is 0 Å². The van der Waals surface area contributed by atoms with Crippen LogP contribution >= 0.6 is 0 Å². The Hall–Kier alpha value is -2.19. The molecule has 0 atom stereocenters. The van der Waals surface area contributed by atoms with Gasteiger partial charge in [-0.1, -0.05) is 75.4 Å². The summed E-state index contributed by atoms with van der Waals surface area (Å²) in [7, 11) is 4.18. The van der Waals surface area contributed by atoms with Crippen molar-refractivity contribution in [3.05, 3.63) is 76.9 Å². The number of nitrogens with zero attached hydrogens (tertiary/aromatic N) is 1. The van der Waals surface area contributed by atoms with E-state index in [0.29, 0.717) is 0 Å². The lowest BCUT2D eigenvalue weighted by Crippen LogP contribution is -2.13. The van der Waals surface area contributed by atoms with Gasteiger partial charge in [0.2, 0.25) is 0 Å². The van der Waals surface area contributed by atoms with E-state index in [1.807, 2.05) is 18.2 Å². The molecule has 0 aromatic heterocycles. The van der Waals surface area contributed by atoms with E-state index in [-0.39, 0.29) is 11.2 Å². The van der Waals surface area contributed by atoms with Crippen molar-refractivity contribution in [2.45, 2.75) is 39.0 Å². The van der Waals surface area contributed by atoms with Crippen LogP contribution in [0.15, 0.2) is 54.6 Å². The molecule has 0 aliphatic carbocycles. The fraction of sp³-hybridized carbons (Fsp3) is 0.375. The zero-order valence-electron chi connectivity index (χ0n) is 16.8. The minimum atomic E-state index is 0.0461. The molecule has 0 fully saturated rings. The van der Waals surface area contributed by atoms with Gasteiger partial charge in [0, 0.05) is 5.56 Å². The summed E-state index contributed by atoms with van der Waals surface area (Å²) in [5.74, 6) is 0.0461. The van der Waals surface area contributed by atoms with Gasteiger partial charge in [0.1, 0.15) is 0 Å². The summed E-state index contributed by atoms with van der Waals surface area (Å²) in [4.78, 5) is 14.6. The van der Waals surface area contributed by atoms with Crippen LogP contribution in [0.25, 0.3) is 6.08 Å². The molecule has 0 heterocycles. The van der Waals surface area contributed by atoms with E-state index in [2.05, 4.69) is 76.2 Å². The van der Waals surface area contributed by atoms with Crippen LogP contribution in [0.3, 0.4) is 0 Å². The van der Waals surface area contributed by atoms with Gasteiger partial charge < -0.3 is 4.90 Å². The first kappa shape index (κ1) is 20.1. The molecule has 26 heavy (non-hydrogen) atoms. The third kappa shape index (κ3) is 6.27. The quantitative estimate of drug-likeness (QED) is 0.494. The topological polar surface area (TPSA) is 20.3 Å². The molecule has 0 N–H and O–H groups in total. The Morgan fingerprint density at radius 1 is 0.962 bits per heavy atom. The summed E-state index contributed by atoms with van der Waals surface area (Å²) in [5, 5.41) is 0. The average Bonchev–Trinajstić information content (AvgIpc) is 2.59. The molecule has 0 aliphatic rings. The highest BCUT2D eigenvalue weighted by atomic mass is 16.1. The van der Waals surface area contributed by atoms with Crippen LogP contribution in [0.1, 0.15) is 54.2 Å². The molecule has 2 heteroatoms. The Labute approximate surface area is 158 Å². The highest BCUT2D eigenvalue weighted by Gasteiger charge is 2.12. The first-order valence-corrected chi connectivity index (χ1v) is 9.32.